The van der Waals surface area contributed by atoms with Crippen molar-refractivity contribution in [3.8, 4) is 5.75 Å². The number of fused-ring (bicyclic) bond motifs is 2. The summed E-state index contributed by atoms with van der Waals surface area (Å²) in [5, 5.41) is 10.4. The Balaban J connectivity index is 1.82. The number of ether oxygens (including phenoxy) is 2. The molecule has 228 valence electrons. The molecule has 1 aromatic carbocycles. The van der Waals surface area contributed by atoms with Crippen molar-refractivity contribution >= 4 is 16.6 Å². The highest BCUT2D eigenvalue weighted by Gasteiger charge is 2.51. The molecule has 1 saturated carbocycles. The predicted octanol–water partition coefficient (Wildman–Crippen LogP) is 8.16. The number of rotatable bonds is 9. The molecule has 3 rings (SSSR count). The van der Waals surface area contributed by atoms with Crippen LogP contribution in [-0.2, 0) is 19.8 Å². The van der Waals surface area contributed by atoms with Gasteiger partial charge in [-0.25, -0.2) is 0 Å². The number of hydrogen-bond donors (Lipinski definition) is 1. The smallest absolute Gasteiger partial charge is 0.416 e. The lowest BCUT2D eigenvalue weighted by Gasteiger charge is -2.40. The first-order valence-electron chi connectivity index (χ1n) is 14.3. The van der Waals surface area contributed by atoms with Crippen molar-refractivity contribution in [2.24, 2.45) is 11.8 Å². The normalized spacial score (nSPS) is 27.3. The van der Waals surface area contributed by atoms with Crippen LogP contribution in [0.1, 0.15) is 59.9 Å². The maximum Gasteiger partial charge on any atom is 0.416 e. The highest BCUT2D eigenvalue weighted by atomic mass is 28.4. The zero-order chi connectivity index (χ0) is 30.3. The monoisotopic (exact) mass is 602 g/mol. The van der Waals surface area contributed by atoms with E-state index in [1.165, 1.54) is 12.1 Å². The van der Waals surface area contributed by atoms with Crippen LogP contribution in [-0.4, -0.2) is 53.0 Å². The average molecular weight is 603 g/mol. The van der Waals surface area contributed by atoms with Gasteiger partial charge in [-0.2, -0.15) is 13.2 Å². The molecule has 1 aromatic rings. The van der Waals surface area contributed by atoms with Gasteiger partial charge in [0.1, 0.15) is 12.4 Å². The Morgan fingerprint density at radius 2 is 1.62 bits per heavy atom. The first kappa shape index (κ1) is 33.3. The summed E-state index contributed by atoms with van der Waals surface area (Å²) in [6.45, 7) is 21.9. The first-order chi connectivity index (χ1) is 18.1. The summed E-state index contributed by atoms with van der Waals surface area (Å²) < 4.78 is 65.0. The molecule has 1 aliphatic carbocycles. The van der Waals surface area contributed by atoms with E-state index in [4.69, 9.17) is 18.3 Å². The molecule has 0 spiro atoms. The maximum absolute atomic E-state index is 13.2. The van der Waals surface area contributed by atoms with Crippen molar-refractivity contribution in [1.29, 1.82) is 0 Å². The van der Waals surface area contributed by atoms with Crippen LogP contribution < -0.4 is 4.74 Å². The van der Waals surface area contributed by atoms with E-state index in [1.54, 1.807) is 0 Å². The average Bonchev–Trinajstić information content (AvgIpc) is 2.98. The zero-order valence-corrected chi connectivity index (χ0v) is 27.8. The Morgan fingerprint density at radius 3 is 2.20 bits per heavy atom. The van der Waals surface area contributed by atoms with Gasteiger partial charge in [0.25, 0.3) is 0 Å². The van der Waals surface area contributed by atoms with Crippen LogP contribution in [0.2, 0.25) is 36.3 Å². The first-order valence-corrected chi connectivity index (χ1v) is 20.1. The molecular weight excluding hydrogens is 553 g/mol. The summed E-state index contributed by atoms with van der Waals surface area (Å²) >= 11 is 0. The quantitative estimate of drug-likeness (QED) is 0.228. The van der Waals surface area contributed by atoms with Crippen molar-refractivity contribution in [2.75, 3.05) is 6.61 Å². The molecule has 10 heteroatoms. The number of alkyl halides is 3. The van der Waals surface area contributed by atoms with Gasteiger partial charge in [0.2, 0.25) is 0 Å². The van der Waals surface area contributed by atoms with Crippen LogP contribution >= 0.6 is 0 Å². The molecule has 6 atom stereocenters. The summed E-state index contributed by atoms with van der Waals surface area (Å²) in [5.74, 6) is 0.299. The fourth-order valence-electron chi connectivity index (χ4n) is 4.86. The third-order valence-corrected chi connectivity index (χ3v) is 18.3. The van der Waals surface area contributed by atoms with E-state index in [-0.39, 0.29) is 46.5 Å². The molecule has 0 radical (unpaired) electrons. The molecule has 2 bridgehead atoms. The standard InChI is InChI=1S/C30H49F3O5Si2/c1-28(2,3)39(7,8)37-22(19-35-21-13-11-12-20(16-21)30(31,32)33)14-15-23-24-17-27(34)36-25(23)18-26(24)38-40(9,10)29(4,5)6/h11-16,22-27,34H,17-19H2,1-10H3. The van der Waals surface area contributed by atoms with E-state index in [9.17, 15) is 18.3 Å². The fourth-order valence-corrected chi connectivity index (χ4v) is 7.50. The van der Waals surface area contributed by atoms with Gasteiger partial charge >= 0.3 is 6.18 Å². The largest absolute Gasteiger partial charge is 0.491 e. The van der Waals surface area contributed by atoms with Gasteiger partial charge < -0.3 is 23.4 Å². The van der Waals surface area contributed by atoms with E-state index >= 15 is 0 Å². The van der Waals surface area contributed by atoms with Gasteiger partial charge in [0.15, 0.2) is 22.9 Å². The molecule has 0 amide bonds. The SMILES string of the molecule is CC(C)(C)[Si](C)(C)OC(C=CC1C2CC(O[Si](C)(C)C(C)(C)C)C1CC(O)O2)COc1cccc(C(F)(F)F)c1. The molecule has 1 saturated heterocycles. The minimum absolute atomic E-state index is 0.00110. The number of aliphatic hydroxyl groups excluding tert-OH is 1. The van der Waals surface area contributed by atoms with Crippen LogP contribution in [0.15, 0.2) is 36.4 Å². The second-order valence-electron chi connectivity index (χ2n) is 14.4. The van der Waals surface area contributed by atoms with E-state index in [1.807, 2.05) is 6.08 Å². The minimum Gasteiger partial charge on any atom is -0.491 e. The minimum atomic E-state index is -4.44. The molecule has 1 heterocycles. The number of hydrogen-bond acceptors (Lipinski definition) is 5. The van der Waals surface area contributed by atoms with Crippen molar-refractivity contribution in [1.82, 2.24) is 0 Å². The van der Waals surface area contributed by atoms with E-state index in [0.29, 0.717) is 6.42 Å². The fraction of sp³-hybridized carbons (Fsp3) is 0.733. The van der Waals surface area contributed by atoms with Crippen LogP contribution in [0.4, 0.5) is 13.2 Å². The Hall–Kier alpha value is -1.18. The molecule has 0 aromatic heterocycles. The lowest BCUT2D eigenvalue weighted by molar-refractivity contribution is -0.173. The third kappa shape index (κ3) is 8.01. The highest BCUT2D eigenvalue weighted by molar-refractivity contribution is 6.74. The van der Waals surface area contributed by atoms with Gasteiger partial charge in [-0.3, -0.25) is 0 Å². The van der Waals surface area contributed by atoms with E-state index < -0.39 is 40.8 Å². The molecule has 6 unspecified atom stereocenters. The third-order valence-electron chi connectivity index (χ3n) is 9.30. The lowest BCUT2D eigenvalue weighted by atomic mass is 9.88. The van der Waals surface area contributed by atoms with Gasteiger partial charge in [-0.15, -0.1) is 0 Å². The second-order valence-corrected chi connectivity index (χ2v) is 23.9. The van der Waals surface area contributed by atoms with Gasteiger partial charge in [0.05, 0.1) is 23.9 Å². The number of aliphatic hydroxyl groups is 1. The molecule has 2 fully saturated rings. The Bertz CT molecular complexity index is 1030. The van der Waals surface area contributed by atoms with Crippen LogP contribution in [0.3, 0.4) is 0 Å². The zero-order valence-electron chi connectivity index (χ0n) is 25.8. The van der Waals surface area contributed by atoms with Gasteiger partial charge in [-0.1, -0.05) is 59.8 Å². The lowest BCUT2D eigenvalue weighted by Crippen LogP contribution is -2.45. The molecule has 2 aliphatic rings. The van der Waals surface area contributed by atoms with Crippen LogP contribution in [0, 0.1) is 11.8 Å². The molecular formula is C30H49F3O5Si2. The van der Waals surface area contributed by atoms with E-state index in [2.05, 4.69) is 73.8 Å². The highest BCUT2D eigenvalue weighted by Crippen LogP contribution is 2.48. The van der Waals surface area contributed by atoms with Crippen molar-refractivity contribution < 1.29 is 36.6 Å². The number of halogens is 3. The predicted molar refractivity (Wildman–Crippen MR) is 157 cm³/mol. The Morgan fingerprint density at radius 1 is 1.00 bits per heavy atom. The second kappa shape index (κ2) is 11.8. The summed E-state index contributed by atoms with van der Waals surface area (Å²) in [5.41, 5.74) is -0.746. The van der Waals surface area contributed by atoms with Crippen LogP contribution in [0.5, 0.6) is 5.75 Å². The molecule has 5 nitrogen and oxygen atoms in total. The summed E-state index contributed by atoms with van der Waals surface area (Å²) in [7, 11) is -4.26. The van der Waals surface area contributed by atoms with Gasteiger partial charge in [-0.05, 0) is 66.8 Å². The number of benzene rings is 1. The van der Waals surface area contributed by atoms with Crippen molar-refractivity contribution in [3.05, 3.63) is 42.0 Å². The summed E-state index contributed by atoms with van der Waals surface area (Å²) in [4.78, 5) is 0. The van der Waals surface area contributed by atoms with E-state index in [0.717, 1.165) is 18.6 Å². The van der Waals surface area contributed by atoms with Gasteiger partial charge in [0, 0.05) is 12.3 Å². The van der Waals surface area contributed by atoms with Crippen LogP contribution in [0.25, 0.3) is 0 Å². The molecule has 1 aliphatic heterocycles. The summed E-state index contributed by atoms with van der Waals surface area (Å²) in [6.07, 6.45) is -0.576. The Labute approximate surface area is 240 Å². The van der Waals surface area contributed by atoms with Crippen molar-refractivity contribution in [2.45, 2.75) is 121 Å². The summed E-state index contributed by atoms with van der Waals surface area (Å²) in [6, 6.07) is 4.93. The Kier molecular flexibility index (Phi) is 9.86. The molecule has 40 heavy (non-hydrogen) atoms. The molecule has 1 N–H and O–H groups in total. The maximum atomic E-state index is 13.2. The van der Waals surface area contributed by atoms with Crippen molar-refractivity contribution in [3.63, 3.8) is 0 Å². The topological polar surface area (TPSA) is 57.2 Å².